The van der Waals surface area contributed by atoms with E-state index < -0.39 is 17.4 Å². The van der Waals surface area contributed by atoms with Crippen molar-refractivity contribution >= 4 is 29.2 Å². The van der Waals surface area contributed by atoms with Gasteiger partial charge >= 0.3 is 5.97 Å². The van der Waals surface area contributed by atoms with Crippen molar-refractivity contribution in [2.24, 2.45) is 11.8 Å². The summed E-state index contributed by atoms with van der Waals surface area (Å²) in [7, 11) is 0. The van der Waals surface area contributed by atoms with Gasteiger partial charge in [-0.05, 0) is 24.6 Å². The van der Waals surface area contributed by atoms with Crippen LogP contribution < -0.4 is 4.90 Å². The Hall–Kier alpha value is -1.85. The molecule has 0 unspecified atom stereocenters. The van der Waals surface area contributed by atoms with Gasteiger partial charge in [0.05, 0.1) is 25.2 Å². The van der Waals surface area contributed by atoms with Crippen molar-refractivity contribution in [2.45, 2.75) is 25.0 Å². The SMILES string of the molecule is CCCOC(=O)[C@@H]1[C@H]2C(=O)N(c3cccc(Cl)c3)C[C@]23C=C[C@H]1O3. The highest BCUT2D eigenvalue weighted by atomic mass is 35.5. The zero-order valence-electron chi connectivity index (χ0n) is 13.3. The molecular formula is C18H18ClNO4. The molecule has 24 heavy (non-hydrogen) atoms. The third kappa shape index (κ3) is 2.19. The van der Waals surface area contributed by atoms with Gasteiger partial charge in [-0.15, -0.1) is 0 Å². The summed E-state index contributed by atoms with van der Waals surface area (Å²) in [6.07, 6.45) is 4.18. The first-order valence-corrected chi connectivity index (χ1v) is 8.54. The first kappa shape index (κ1) is 15.7. The number of esters is 1. The number of fused-ring (bicyclic) bond motifs is 1. The summed E-state index contributed by atoms with van der Waals surface area (Å²) in [6.45, 7) is 2.69. The van der Waals surface area contributed by atoms with Crippen LogP contribution in [0.1, 0.15) is 13.3 Å². The monoisotopic (exact) mass is 347 g/mol. The summed E-state index contributed by atoms with van der Waals surface area (Å²) >= 11 is 6.05. The van der Waals surface area contributed by atoms with Gasteiger partial charge in [0.2, 0.25) is 5.91 Å². The van der Waals surface area contributed by atoms with E-state index in [1.54, 1.807) is 23.1 Å². The fourth-order valence-electron chi connectivity index (χ4n) is 3.93. The van der Waals surface area contributed by atoms with Gasteiger partial charge in [0, 0.05) is 10.7 Å². The van der Waals surface area contributed by atoms with Crippen LogP contribution in [0.4, 0.5) is 5.69 Å². The van der Waals surface area contributed by atoms with E-state index in [0.29, 0.717) is 18.2 Å². The zero-order valence-corrected chi connectivity index (χ0v) is 14.0. The predicted octanol–water partition coefficient (Wildman–Crippen LogP) is 2.58. The van der Waals surface area contributed by atoms with Gasteiger partial charge in [0.1, 0.15) is 11.5 Å². The van der Waals surface area contributed by atoms with Crippen LogP contribution in [-0.4, -0.2) is 36.7 Å². The number of amides is 1. The summed E-state index contributed by atoms with van der Waals surface area (Å²) in [5.41, 5.74) is -0.0163. The third-order valence-corrected chi connectivity index (χ3v) is 5.18. The second-order valence-electron chi connectivity index (χ2n) is 6.47. The molecule has 5 nitrogen and oxygen atoms in total. The quantitative estimate of drug-likeness (QED) is 0.620. The molecule has 0 N–H and O–H groups in total. The lowest BCUT2D eigenvalue weighted by Crippen LogP contribution is -2.40. The second-order valence-corrected chi connectivity index (χ2v) is 6.91. The first-order valence-electron chi connectivity index (χ1n) is 8.16. The topological polar surface area (TPSA) is 55.8 Å². The lowest BCUT2D eigenvalue weighted by molar-refractivity contribution is -0.152. The number of rotatable bonds is 4. The summed E-state index contributed by atoms with van der Waals surface area (Å²) in [5.74, 6) is -1.56. The van der Waals surface area contributed by atoms with Crippen molar-refractivity contribution in [2.75, 3.05) is 18.1 Å². The minimum atomic E-state index is -0.736. The van der Waals surface area contributed by atoms with E-state index in [9.17, 15) is 9.59 Å². The minimum Gasteiger partial charge on any atom is -0.465 e. The number of anilines is 1. The average molecular weight is 348 g/mol. The smallest absolute Gasteiger partial charge is 0.312 e. The van der Waals surface area contributed by atoms with Gasteiger partial charge in [0.15, 0.2) is 0 Å². The molecule has 0 aliphatic carbocycles. The molecule has 1 spiro atoms. The number of nitrogens with zero attached hydrogens (tertiary/aromatic N) is 1. The Morgan fingerprint density at radius 1 is 1.50 bits per heavy atom. The number of hydrogen-bond donors (Lipinski definition) is 0. The molecule has 126 valence electrons. The van der Waals surface area contributed by atoms with Crippen LogP contribution >= 0.6 is 11.6 Å². The number of hydrogen-bond acceptors (Lipinski definition) is 4. The molecule has 4 rings (SSSR count). The lowest BCUT2D eigenvalue weighted by Gasteiger charge is -2.22. The number of benzene rings is 1. The largest absolute Gasteiger partial charge is 0.465 e. The van der Waals surface area contributed by atoms with Crippen LogP contribution in [0.2, 0.25) is 5.02 Å². The standard InChI is InChI=1S/C18H18ClNO4/c1-2-8-23-17(22)14-13-6-7-18(24-13)10-20(16(21)15(14)18)12-5-3-4-11(19)9-12/h3-7,9,13-15H,2,8,10H2,1H3/t13-,14+,15+,18-/m1/s1. The lowest BCUT2D eigenvalue weighted by atomic mass is 9.77. The minimum absolute atomic E-state index is 0.109. The van der Waals surface area contributed by atoms with Crippen molar-refractivity contribution < 1.29 is 19.1 Å². The molecule has 3 aliphatic heterocycles. The Bertz CT molecular complexity index is 733. The van der Waals surface area contributed by atoms with Gasteiger partial charge in [-0.1, -0.05) is 36.7 Å². The molecule has 0 saturated carbocycles. The molecule has 1 amide bonds. The fraction of sp³-hybridized carbons (Fsp3) is 0.444. The van der Waals surface area contributed by atoms with Gasteiger partial charge in [0.25, 0.3) is 0 Å². The van der Waals surface area contributed by atoms with E-state index in [2.05, 4.69) is 0 Å². The van der Waals surface area contributed by atoms with Crippen LogP contribution in [0.25, 0.3) is 0 Å². The number of ether oxygens (including phenoxy) is 2. The Balaban J connectivity index is 1.65. The molecule has 1 aromatic rings. The summed E-state index contributed by atoms with van der Waals surface area (Å²) in [4.78, 5) is 27.1. The molecular weight excluding hydrogens is 330 g/mol. The maximum atomic E-state index is 13.0. The molecule has 3 aliphatic rings. The summed E-state index contributed by atoms with van der Waals surface area (Å²) < 4.78 is 11.3. The fourth-order valence-corrected chi connectivity index (χ4v) is 4.11. The Kier molecular flexibility index (Phi) is 3.66. The van der Waals surface area contributed by atoms with Crippen molar-refractivity contribution in [1.82, 2.24) is 0 Å². The molecule has 6 heteroatoms. The first-order chi connectivity index (χ1) is 11.6. The maximum absolute atomic E-state index is 13.0. The number of carbonyl (C=O) groups is 2. The molecule has 2 fully saturated rings. The number of carbonyl (C=O) groups excluding carboxylic acids is 2. The van der Waals surface area contributed by atoms with E-state index in [-0.39, 0.29) is 18.0 Å². The molecule has 2 saturated heterocycles. The van der Waals surface area contributed by atoms with Crippen molar-refractivity contribution in [3.8, 4) is 0 Å². The molecule has 2 bridgehead atoms. The maximum Gasteiger partial charge on any atom is 0.312 e. The van der Waals surface area contributed by atoms with Crippen LogP contribution in [0.15, 0.2) is 36.4 Å². The van der Waals surface area contributed by atoms with E-state index in [1.165, 1.54) is 0 Å². The highest BCUT2D eigenvalue weighted by molar-refractivity contribution is 6.31. The molecule has 0 radical (unpaired) electrons. The molecule has 1 aromatic carbocycles. The van der Waals surface area contributed by atoms with E-state index >= 15 is 0 Å². The summed E-state index contributed by atoms with van der Waals surface area (Å²) in [6, 6.07) is 7.15. The molecule has 4 atom stereocenters. The Morgan fingerprint density at radius 3 is 3.08 bits per heavy atom. The van der Waals surface area contributed by atoms with Crippen molar-refractivity contribution in [1.29, 1.82) is 0 Å². The van der Waals surface area contributed by atoms with Crippen LogP contribution in [0, 0.1) is 11.8 Å². The van der Waals surface area contributed by atoms with Crippen LogP contribution in [-0.2, 0) is 19.1 Å². The van der Waals surface area contributed by atoms with Gasteiger partial charge in [-0.3, -0.25) is 9.59 Å². The van der Waals surface area contributed by atoms with E-state index in [4.69, 9.17) is 21.1 Å². The zero-order chi connectivity index (χ0) is 16.9. The van der Waals surface area contributed by atoms with Crippen molar-refractivity contribution in [3.63, 3.8) is 0 Å². The van der Waals surface area contributed by atoms with E-state index in [0.717, 1.165) is 12.1 Å². The van der Waals surface area contributed by atoms with Gasteiger partial charge in [-0.2, -0.15) is 0 Å². The molecule has 3 heterocycles. The van der Waals surface area contributed by atoms with E-state index in [1.807, 2.05) is 25.1 Å². The second kappa shape index (κ2) is 5.60. The average Bonchev–Trinajstić information content (AvgIpc) is 3.21. The van der Waals surface area contributed by atoms with Gasteiger partial charge < -0.3 is 14.4 Å². The van der Waals surface area contributed by atoms with Crippen molar-refractivity contribution in [3.05, 3.63) is 41.4 Å². The molecule has 0 aromatic heterocycles. The number of halogens is 1. The highest BCUT2D eigenvalue weighted by Crippen LogP contribution is 2.52. The van der Waals surface area contributed by atoms with Crippen LogP contribution in [0.3, 0.4) is 0 Å². The summed E-state index contributed by atoms with van der Waals surface area (Å²) in [5, 5.41) is 0.564. The highest BCUT2D eigenvalue weighted by Gasteiger charge is 2.67. The predicted molar refractivity (Wildman–Crippen MR) is 88.8 cm³/mol. The Labute approximate surface area is 145 Å². The van der Waals surface area contributed by atoms with Gasteiger partial charge in [-0.25, -0.2) is 0 Å². The third-order valence-electron chi connectivity index (χ3n) is 4.94. The Morgan fingerprint density at radius 2 is 2.33 bits per heavy atom. The van der Waals surface area contributed by atoms with Crippen LogP contribution in [0.5, 0.6) is 0 Å². The normalized spacial score (nSPS) is 33.2.